The second-order valence-corrected chi connectivity index (χ2v) is 18.7. The van der Waals surface area contributed by atoms with Gasteiger partial charge < -0.3 is 50.8 Å². The van der Waals surface area contributed by atoms with Crippen molar-refractivity contribution in [2.24, 2.45) is 5.92 Å². The summed E-state index contributed by atoms with van der Waals surface area (Å²) in [6.45, 7) is 11.0. The molecule has 6 N–H and O–H groups in total. The molecule has 0 radical (unpaired) electrons. The molecule has 4 fully saturated rings. The number of carbonyl (C=O) groups is 5. The Labute approximate surface area is 371 Å². The second-order valence-electron chi connectivity index (χ2n) is 16.2. The largest absolute Gasteiger partial charge is 0.497 e. The smallest absolute Gasteiger partial charge is 0.321 e. The van der Waals surface area contributed by atoms with E-state index in [2.05, 4.69) is 48.7 Å². The van der Waals surface area contributed by atoms with Gasteiger partial charge in [0, 0.05) is 113 Å². The van der Waals surface area contributed by atoms with Crippen LogP contribution in [0, 0.1) is 11.7 Å². The van der Waals surface area contributed by atoms with Crippen molar-refractivity contribution in [1.29, 1.82) is 0 Å². The number of amides is 7. The molecule has 4 unspecified atom stereocenters. The van der Waals surface area contributed by atoms with Gasteiger partial charge in [-0.3, -0.25) is 24.6 Å². The molecule has 17 nitrogen and oxygen atoms in total. The summed E-state index contributed by atoms with van der Waals surface area (Å²) in [6, 6.07) is 10.4. The Morgan fingerprint density at radius 1 is 0.968 bits per heavy atom. The van der Waals surface area contributed by atoms with E-state index in [-0.39, 0.29) is 65.5 Å². The number of urea groups is 2. The van der Waals surface area contributed by atoms with Crippen molar-refractivity contribution in [3.63, 3.8) is 0 Å². The average molecular weight is 901 g/mol. The maximum atomic E-state index is 14.8. The van der Waals surface area contributed by atoms with Crippen molar-refractivity contribution in [1.82, 2.24) is 46.2 Å². The lowest BCUT2D eigenvalue weighted by atomic mass is 10.1. The first-order valence-corrected chi connectivity index (χ1v) is 23.3. The highest BCUT2D eigenvalue weighted by Gasteiger charge is 2.33. The Morgan fingerprint density at radius 3 is 2.37 bits per heavy atom. The van der Waals surface area contributed by atoms with Gasteiger partial charge in [-0.15, -0.1) is 23.5 Å². The lowest BCUT2D eigenvalue weighted by Crippen LogP contribution is -2.53. The fourth-order valence-corrected chi connectivity index (χ4v) is 10.1. The normalized spacial score (nSPS) is 23.1. The first-order chi connectivity index (χ1) is 29.8. The van der Waals surface area contributed by atoms with Gasteiger partial charge in [0.05, 0.1) is 23.8 Å². The molecule has 4 aliphatic heterocycles. The molecule has 4 saturated heterocycles. The van der Waals surface area contributed by atoms with Gasteiger partial charge in [0.1, 0.15) is 29.4 Å². The van der Waals surface area contributed by atoms with E-state index in [0.29, 0.717) is 75.0 Å². The number of piperazine rings is 2. The molecule has 0 aromatic heterocycles. The predicted octanol–water partition coefficient (Wildman–Crippen LogP) is 2.67. The van der Waals surface area contributed by atoms with Crippen molar-refractivity contribution in [2.45, 2.75) is 61.3 Å². The second kappa shape index (κ2) is 22.7. The number of ether oxygens (including phenoxy) is 2. The molecular formula is C42H61FN10O7S2. The van der Waals surface area contributed by atoms with Gasteiger partial charge >= 0.3 is 12.1 Å². The minimum absolute atomic E-state index is 0.00722. The molecule has 2 aromatic carbocycles. The third-order valence-corrected chi connectivity index (χ3v) is 14.4. The summed E-state index contributed by atoms with van der Waals surface area (Å²) in [7, 11) is 3.52. The molecule has 340 valence electrons. The van der Waals surface area contributed by atoms with Gasteiger partial charge in [0.15, 0.2) is 0 Å². The number of hydrogen-bond donors (Lipinski definition) is 6. The van der Waals surface area contributed by atoms with Crippen LogP contribution in [0.2, 0.25) is 0 Å². The average Bonchev–Trinajstić information content (AvgIpc) is 3.70. The van der Waals surface area contributed by atoms with Gasteiger partial charge in [-0.05, 0) is 50.7 Å². The van der Waals surface area contributed by atoms with Crippen LogP contribution in [0.3, 0.4) is 0 Å². The molecule has 0 spiro atoms. The highest BCUT2D eigenvalue weighted by atomic mass is 32.2. The number of halogens is 1. The molecule has 6 atom stereocenters. The molecule has 0 aliphatic carbocycles. The number of rotatable bonds is 17. The summed E-state index contributed by atoms with van der Waals surface area (Å²) in [5, 5.41) is 16.7. The van der Waals surface area contributed by atoms with E-state index in [1.54, 1.807) is 55.1 Å². The van der Waals surface area contributed by atoms with Crippen LogP contribution in [0.1, 0.15) is 44.7 Å². The van der Waals surface area contributed by atoms with Crippen LogP contribution in [-0.4, -0.2) is 164 Å². The number of benzene rings is 2. The third kappa shape index (κ3) is 13.7. The number of nitrogens with one attached hydrogen (secondary N) is 6. The van der Waals surface area contributed by atoms with Gasteiger partial charge in [0.25, 0.3) is 0 Å². The van der Waals surface area contributed by atoms with E-state index in [1.807, 2.05) is 16.7 Å². The molecule has 0 bridgehead atoms. The number of carbonyl (C=O) groups excluding carboxylic acids is 5. The quantitative estimate of drug-likeness (QED) is 0.137. The van der Waals surface area contributed by atoms with Crippen LogP contribution in [0.5, 0.6) is 11.5 Å². The third-order valence-electron chi connectivity index (χ3n) is 11.5. The maximum absolute atomic E-state index is 14.8. The molecule has 62 heavy (non-hydrogen) atoms. The monoisotopic (exact) mass is 900 g/mol. The highest BCUT2D eigenvalue weighted by molar-refractivity contribution is 8.01. The van der Waals surface area contributed by atoms with Crippen molar-refractivity contribution in [3.05, 3.63) is 53.8 Å². The van der Waals surface area contributed by atoms with Crippen LogP contribution in [0.4, 0.5) is 19.7 Å². The topological polar surface area (TPSA) is 189 Å². The molecular weight excluding hydrogens is 840 g/mol. The summed E-state index contributed by atoms with van der Waals surface area (Å²) in [5.41, 5.74) is 0.654. The number of anilines is 1. The fraction of sp³-hybridized carbons (Fsp3) is 0.595. The highest BCUT2D eigenvalue weighted by Crippen LogP contribution is 2.29. The SMILES string of the molecule is COc1ccc([C@@H](C)NC(=O)[C@H](CCC(=O)N2CCN(CCOc3ccc(NC(=O)NC4NC(CC(=O)N5CCN(C)CC5)CS4)cc3)CC2)SC2NC(=O)NCC2C)c(F)c1. The van der Waals surface area contributed by atoms with Gasteiger partial charge in [-0.1, -0.05) is 13.0 Å². The zero-order valence-corrected chi connectivity index (χ0v) is 37.6. The number of nitrogens with zero attached hydrogens (tertiary/aromatic N) is 4. The zero-order chi connectivity index (χ0) is 44.2. The van der Waals surface area contributed by atoms with E-state index >= 15 is 0 Å². The minimum Gasteiger partial charge on any atom is -0.497 e. The Hall–Kier alpha value is -4.50. The van der Waals surface area contributed by atoms with E-state index in [0.717, 1.165) is 31.9 Å². The summed E-state index contributed by atoms with van der Waals surface area (Å²) < 4.78 is 25.9. The lowest BCUT2D eigenvalue weighted by molar-refractivity contribution is -0.134. The minimum atomic E-state index is -0.660. The van der Waals surface area contributed by atoms with E-state index in [1.165, 1.54) is 24.9 Å². The van der Waals surface area contributed by atoms with Crippen molar-refractivity contribution < 1.29 is 37.8 Å². The number of methoxy groups -OCH3 is 1. The Kier molecular flexibility index (Phi) is 17.2. The number of hydrogen-bond acceptors (Lipinski definition) is 12. The van der Waals surface area contributed by atoms with Crippen LogP contribution in [0.25, 0.3) is 0 Å². The first-order valence-electron chi connectivity index (χ1n) is 21.3. The zero-order valence-electron chi connectivity index (χ0n) is 36.0. The molecule has 4 aliphatic rings. The summed E-state index contributed by atoms with van der Waals surface area (Å²) in [4.78, 5) is 72.8. The van der Waals surface area contributed by atoms with Crippen LogP contribution in [-0.2, 0) is 14.4 Å². The molecule has 4 heterocycles. The van der Waals surface area contributed by atoms with E-state index < -0.39 is 17.1 Å². The first kappa shape index (κ1) is 47.0. The molecule has 6 rings (SSSR count). The standard InChI is InChI=1S/C42H61FN10O7S2/c1-27-25-44-40(57)48-39(27)62-35(38(56)45-28(2)33-10-9-32(59-4)24-34(33)43)11-12-36(54)52-19-15-51(16-20-52)21-22-60-31-7-5-29(6-8-31)46-41(58)49-42-47-30(26-61-42)23-37(55)53-17-13-50(3)14-18-53/h5-10,24,27-28,30,35,39,42,47H,11-23,25-26H2,1-4H3,(H,45,56)(H2,44,48,57)(H2,46,49,58)/t27?,28-,30?,35+,39?,42?/m1/s1. The molecule has 0 saturated carbocycles. The summed E-state index contributed by atoms with van der Waals surface area (Å²) >= 11 is 2.89. The van der Waals surface area contributed by atoms with Gasteiger partial charge in [-0.25, -0.2) is 14.0 Å². The Bertz CT molecular complexity index is 1850. The Balaban J connectivity index is 0.882. The molecule has 7 amide bonds. The van der Waals surface area contributed by atoms with Gasteiger partial charge in [-0.2, -0.15) is 0 Å². The number of likely N-dealkylation sites (N-methyl/N-ethyl adjacent to an activating group) is 1. The molecule has 20 heteroatoms. The van der Waals surface area contributed by atoms with Crippen LogP contribution < -0.4 is 41.4 Å². The van der Waals surface area contributed by atoms with Crippen molar-refractivity contribution >= 4 is 59.0 Å². The maximum Gasteiger partial charge on any atom is 0.321 e. The van der Waals surface area contributed by atoms with E-state index in [4.69, 9.17) is 9.47 Å². The summed E-state index contributed by atoms with van der Waals surface area (Å²) in [6.07, 6.45) is 0.818. The lowest BCUT2D eigenvalue weighted by Gasteiger charge is -2.35. The van der Waals surface area contributed by atoms with Crippen LogP contribution in [0.15, 0.2) is 42.5 Å². The fourth-order valence-electron chi connectivity index (χ4n) is 7.63. The molecule has 2 aromatic rings. The van der Waals surface area contributed by atoms with Crippen molar-refractivity contribution in [2.75, 3.05) is 97.3 Å². The number of thioether (sulfide) groups is 2. The van der Waals surface area contributed by atoms with Crippen LogP contribution >= 0.6 is 23.5 Å². The van der Waals surface area contributed by atoms with Crippen molar-refractivity contribution in [3.8, 4) is 11.5 Å². The Morgan fingerprint density at radius 2 is 1.66 bits per heavy atom. The van der Waals surface area contributed by atoms with Gasteiger partial charge in [0.2, 0.25) is 17.7 Å². The summed E-state index contributed by atoms with van der Waals surface area (Å²) in [5.74, 6) is 1.10. The predicted molar refractivity (Wildman–Crippen MR) is 239 cm³/mol. The van der Waals surface area contributed by atoms with E-state index in [9.17, 15) is 28.4 Å².